The first-order chi connectivity index (χ1) is 7.35. The zero-order valence-corrected chi connectivity index (χ0v) is 10.1. The molecule has 1 aromatic rings. The van der Waals surface area contributed by atoms with E-state index in [4.69, 9.17) is 6.42 Å². The molecule has 0 aliphatic carbocycles. The van der Waals surface area contributed by atoms with Crippen molar-refractivity contribution in [1.82, 2.24) is 15.5 Å². The van der Waals surface area contributed by atoms with Gasteiger partial charge in [-0.3, -0.25) is 9.89 Å². The third-order valence-corrected chi connectivity index (χ3v) is 2.43. The second-order valence-corrected chi connectivity index (χ2v) is 4.41. The van der Waals surface area contributed by atoms with Crippen LogP contribution in [0.4, 0.5) is 0 Å². The molecule has 0 unspecified atom stereocenters. The maximum atomic E-state index is 11.7. The molecule has 2 N–H and O–H groups in total. The molecule has 4 heteroatoms. The Morgan fingerprint density at radius 1 is 1.56 bits per heavy atom. The molecular formula is C12H17N3O. The van der Waals surface area contributed by atoms with Crippen molar-refractivity contribution in [2.75, 3.05) is 0 Å². The highest BCUT2D eigenvalue weighted by Crippen LogP contribution is 2.10. The molecular weight excluding hydrogens is 202 g/mol. The van der Waals surface area contributed by atoms with E-state index in [9.17, 15) is 4.79 Å². The van der Waals surface area contributed by atoms with E-state index in [1.807, 2.05) is 13.8 Å². The second-order valence-electron chi connectivity index (χ2n) is 4.41. The molecule has 0 spiro atoms. The summed E-state index contributed by atoms with van der Waals surface area (Å²) in [5.74, 6) is 2.44. The summed E-state index contributed by atoms with van der Waals surface area (Å²) in [4.78, 5) is 11.7. The lowest BCUT2D eigenvalue weighted by molar-refractivity contribution is -0.121. The van der Waals surface area contributed by atoms with E-state index >= 15 is 0 Å². The normalized spacial score (nSPS) is 10.9. The molecule has 1 aromatic heterocycles. The first kappa shape index (κ1) is 12.3. The Kier molecular flexibility index (Phi) is 3.38. The average Bonchev–Trinajstić information content (AvgIpc) is 2.49. The van der Waals surface area contributed by atoms with Gasteiger partial charge in [0.25, 0.3) is 0 Å². The van der Waals surface area contributed by atoms with Crippen molar-refractivity contribution in [3.63, 3.8) is 0 Å². The van der Waals surface area contributed by atoms with E-state index in [0.717, 1.165) is 17.0 Å². The van der Waals surface area contributed by atoms with Crippen molar-refractivity contribution in [2.45, 2.75) is 39.7 Å². The van der Waals surface area contributed by atoms with Crippen LogP contribution < -0.4 is 5.32 Å². The molecule has 0 aromatic carbocycles. The summed E-state index contributed by atoms with van der Waals surface area (Å²) in [6.45, 7) is 7.35. The topological polar surface area (TPSA) is 57.8 Å². The Hall–Kier alpha value is -1.76. The maximum Gasteiger partial charge on any atom is 0.225 e. The molecule has 0 aliphatic heterocycles. The Morgan fingerprint density at radius 3 is 2.62 bits per heavy atom. The van der Waals surface area contributed by atoms with Gasteiger partial charge in [-0.05, 0) is 27.7 Å². The molecule has 0 fully saturated rings. The third kappa shape index (κ3) is 2.86. The lowest BCUT2D eigenvalue weighted by Crippen LogP contribution is -2.42. The van der Waals surface area contributed by atoms with Crippen molar-refractivity contribution in [2.24, 2.45) is 0 Å². The van der Waals surface area contributed by atoms with Crippen LogP contribution in [0, 0.1) is 26.2 Å². The zero-order valence-electron chi connectivity index (χ0n) is 10.1. The Labute approximate surface area is 95.8 Å². The van der Waals surface area contributed by atoms with E-state index in [-0.39, 0.29) is 5.91 Å². The number of aromatic nitrogens is 2. The molecule has 16 heavy (non-hydrogen) atoms. The van der Waals surface area contributed by atoms with E-state index < -0.39 is 5.54 Å². The molecule has 0 atom stereocenters. The average molecular weight is 219 g/mol. The standard InChI is InChI=1S/C12H17N3O/c1-6-12(4,5)13-11(16)7-10-8(2)14-15-9(10)3/h1H,7H2,2-5H3,(H,13,16)(H,14,15). The fourth-order valence-electron chi connectivity index (χ4n) is 1.42. The van der Waals surface area contributed by atoms with Gasteiger partial charge in [-0.15, -0.1) is 6.42 Å². The Balaban J connectivity index is 2.70. The van der Waals surface area contributed by atoms with Crippen LogP contribution in [0.25, 0.3) is 0 Å². The molecule has 1 heterocycles. The molecule has 0 radical (unpaired) electrons. The van der Waals surface area contributed by atoms with Gasteiger partial charge in [-0.25, -0.2) is 0 Å². The smallest absolute Gasteiger partial charge is 0.225 e. The molecule has 86 valence electrons. The number of carbonyl (C=O) groups excluding carboxylic acids is 1. The monoisotopic (exact) mass is 219 g/mol. The van der Waals surface area contributed by atoms with E-state index in [2.05, 4.69) is 21.4 Å². The van der Waals surface area contributed by atoms with Crippen LogP contribution in [-0.4, -0.2) is 21.6 Å². The highest BCUT2D eigenvalue weighted by atomic mass is 16.1. The predicted octanol–water partition coefficient (Wildman–Crippen LogP) is 1.10. The van der Waals surface area contributed by atoms with Crippen molar-refractivity contribution in [3.05, 3.63) is 17.0 Å². The van der Waals surface area contributed by atoms with Crippen LogP contribution in [0.3, 0.4) is 0 Å². The van der Waals surface area contributed by atoms with Crippen LogP contribution in [-0.2, 0) is 11.2 Å². The lowest BCUT2D eigenvalue weighted by Gasteiger charge is -2.19. The van der Waals surface area contributed by atoms with E-state index in [1.165, 1.54) is 0 Å². The zero-order chi connectivity index (χ0) is 12.3. The number of terminal acetylenes is 1. The first-order valence-corrected chi connectivity index (χ1v) is 5.15. The van der Waals surface area contributed by atoms with Crippen molar-refractivity contribution in [1.29, 1.82) is 0 Å². The number of aromatic amines is 1. The van der Waals surface area contributed by atoms with Gasteiger partial charge in [0.15, 0.2) is 0 Å². The Morgan fingerprint density at radius 2 is 2.19 bits per heavy atom. The number of nitrogens with zero attached hydrogens (tertiary/aromatic N) is 1. The fourth-order valence-corrected chi connectivity index (χ4v) is 1.42. The number of nitrogens with one attached hydrogen (secondary N) is 2. The van der Waals surface area contributed by atoms with Gasteiger partial charge in [0.2, 0.25) is 5.91 Å². The van der Waals surface area contributed by atoms with Gasteiger partial charge < -0.3 is 5.32 Å². The maximum absolute atomic E-state index is 11.7. The van der Waals surface area contributed by atoms with Crippen molar-refractivity contribution in [3.8, 4) is 12.3 Å². The molecule has 1 amide bonds. The van der Waals surface area contributed by atoms with Crippen LogP contribution in [0.15, 0.2) is 0 Å². The number of aryl methyl sites for hydroxylation is 2. The lowest BCUT2D eigenvalue weighted by atomic mass is 10.1. The quantitative estimate of drug-likeness (QED) is 0.748. The van der Waals surface area contributed by atoms with Crippen molar-refractivity contribution < 1.29 is 4.79 Å². The molecule has 0 saturated heterocycles. The number of carbonyl (C=O) groups is 1. The third-order valence-electron chi connectivity index (χ3n) is 2.43. The number of hydrogen-bond acceptors (Lipinski definition) is 2. The first-order valence-electron chi connectivity index (χ1n) is 5.15. The van der Waals surface area contributed by atoms with Gasteiger partial charge in [0.1, 0.15) is 0 Å². The summed E-state index contributed by atoms with van der Waals surface area (Å²) in [5, 5.41) is 9.67. The SMILES string of the molecule is C#CC(C)(C)NC(=O)Cc1c(C)n[nH]c1C. The molecule has 4 nitrogen and oxygen atoms in total. The molecule has 0 bridgehead atoms. The van der Waals surface area contributed by atoms with E-state index in [0.29, 0.717) is 6.42 Å². The van der Waals surface area contributed by atoms with Gasteiger partial charge in [-0.1, -0.05) is 5.92 Å². The summed E-state index contributed by atoms with van der Waals surface area (Å²) < 4.78 is 0. The minimum absolute atomic E-state index is 0.0875. The Bertz CT molecular complexity index is 418. The summed E-state index contributed by atoms with van der Waals surface area (Å²) in [6.07, 6.45) is 5.61. The number of hydrogen-bond donors (Lipinski definition) is 2. The molecule has 0 saturated carbocycles. The van der Waals surface area contributed by atoms with Crippen molar-refractivity contribution >= 4 is 5.91 Å². The number of amides is 1. The fraction of sp³-hybridized carbons (Fsp3) is 0.500. The van der Waals surface area contributed by atoms with Gasteiger partial charge in [0.05, 0.1) is 17.7 Å². The van der Waals surface area contributed by atoms with Crippen LogP contribution >= 0.6 is 0 Å². The predicted molar refractivity (Wildman–Crippen MR) is 62.8 cm³/mol. The van der Waals surface area contributed by atoms with Gasteiger partial charge >= 0.3 is 0 Å². The minimum atomic E-state index is -0.609. The minimum Gasteiger partial charge on any atom is -0.340 e. The molecule has 0 aliphatic rings. The summed E-state index contributed by atoms with van der Waals surface area (Å²) in [6, 6.07) is 0. The number of H-pyrrole nitrogens is 1. The van der Waals surface area contributed by atoms with E-state index in [1.54, 1.807) is 13.8 Å². The summed E-state index contributed by atoms with van der Waals surface area (Å²) in [7, 11) is 0. The number of rotatable bonds is 3. The largest absolute Gasteiger partial charge is 0.340 e. The van der Waals surface area contributed by atoms with Gasteiger partial charge in [-0.2, -0.15) is 5.10 Å². The van der Waals surface area contributed by atoms with Crippen LogP contribution in [0.2, 0.25) is 0 Å². The highest BCUT2D eigenvalue weighted by molar-refractivity contribution is 5.80. The van der Waals surface area contributed by atoms with Crippen LogP contribution in [0.5, 0.6) is 0 Å². The van der Waals surface area contributed by atoms with Gasteiger partial charge in [0, 0.05) is 11.3 Å². The molecule has 1 rings (SSSR count). The summed E-state index contributed by atoms with van der Waals surface area (Å²) in [5.41, 5.74) is 2.10. The summed E-state index contributed by atoms with van der Waals surface area (Å²) >= 11 is 0. The highest BCUT2D eigenvalue weighted by Gasteiger charge is 2.18. The van der Waals surface area contributed by atoms with Crippen LogP contribution in [0.1, 0.15) is 30.8 Å². The second kappa shape index (κ2) is 4.40.